The number of amides is 1. The monoisotopic (exact) mass is 229 g/mol. The van der Waals surface area contributed by atoms with E-state index in [2.05, 4.69) is 5.32 Å². The van der Waals surface area contributed by atoms with E-state index in [0.29, 0.717) is 10.6 Å². The summed E-state index contributed by atoms with van der Waals surface area (Å²) in [7, 11) is 1.54. The number of thiophene rings is 1. The van der Waals surface area contributed by atoms with Gasteiger partial charge in [0.25, 0.3) is 5.91 Å². The molecule has 0 spiro atoms. The van der Waals surface area contributed by atoms with Gasteiger partial charge in [-0.2, -0.15) is 0 Å². The maximum atomic E-state index is 11.7. The Morgan fingerprint density at radius 1 is 1.73 bits per heavy atom. The van der Waals surface area contributed by atoms with E-state index in [0.717, 1.165) is 4.88 Å². The van der Waals surface area contributed by atoms with Crippen molar-refractivity contribution in [3.05, 3.63) is 15.8 Å². The molecule has 0 saturated heterocycles. The fourth-order valence-corrected chi connectivity index (χ4v) is 2.02. The second-order valence-corrected chi connectivity index (χ2v) is 4.57. The summed E-state index contributed by atoms with van der Waals surface area (Å²) in [5.41, 5.74) is 0. The van der Waals surface area contributed by atoms with Crippen LogP contribution >= 0.6 is 11.3 Å². The fraction of sp³-hybridized carbons (Fsp3) is 0.500. The molecule has 0 radical (unpaired) electrons. The van der Waals surface area contributed by atoms with E-state index < -0.39 is 0 Å². The van der Waals surface area contributed by atoms with E-state index in [1.165, 1.54) is 18.4 Å². The molecule has 5 heteroatoms. The highest BCUT2D eigenvalue weighted by atomic mass is 32.1. The molecular weight excluding hydrogens is 214 g/mol. The number of rotatable bonds is 4. The second-order valence-electron chi connectivity index (χ2n) is 3.31. The molecule has 1 heterocycles. The topological polar surface area (TPSA) is 58.6 Å². The number of ether oxygens (including phenoxy) is 1. The van der Waals surface area contributed by atoms with Crippen LogP contribution in [0.5, 0.6) is 5.75 Å². The zero-order valence-electron chi connectivity index (χ0n) is 9.03. The Morgan fingerprint density at radius 3 is 2.93 bits per heavy atom. The molecule has 1 amide bonds. The third-order valence-electron chi connectivity index (χ3n) is 1.90. The Balaban J connectivity index is 2.81. The molecule has 1 rings (SSSR count). The number of aliphatic hydroxyl groups excluding tert-OH is 1. The highest BCUT2D eigenvalue weighted by Crippen LogP contribution is 2.28. The van der Waals surface area contributed by atoms with E-state index in [4.69, 9.17) is 9.84 Å². The molecule has 84 valence electrons. The molecule has 1 aromatic heterocycles. The average molecular weight is 229 g/mol. The molecule has 0 aromatic carbocycles. The molecule has 1 unspecified atom stereocenters. The SMILES string of the molecule is COc1cc(C)sc1C(=O)NC(C)CO. The molecule has 4 nitrogen and oxygen atoms in total. The molecule has 2 N–H and O–H groups in total. The largest absolute Gasteiger partial charge is 0.495 e. The molecular formula is C10H15NO3S. The first kappa shape index (κ1) is 12.0. The third kappa shape index (κ3) is 2.94. The van der Waals surface area contributed by atoms with Gasteiger partial charge in [0.2, 0.25) is 0 Å². The van der Waals surface area contributed by atoms with Gasteiger partial charge in [-0.3, -0.25) is 4.79 Å². The van der Waals surface area contributed by atoms with E-state index in [-0.39, 0.29) is 18.6 Å². The minimum atomic E-state index is -0.246. The van der Waals surface area contributed by atoms with Gasteiger partial charge in [0.1, 0.15) is 10.6 Å². The van der Waals surface area contributed by atoms with Crippen LogP contribution in [-0.2, 0) is 0 Å². The molecule has 0 aliphatic carbocycles. The van der Waals surface area contributed by atoms with Crippen molar-refractivity contribution in [3.63, 3.8) is 0 Å². The first-order chi connectivity index (χ1) is 7.08. The van der Waals surface area contributed by atoms with Crippen molar-refractivity contribution in [2.45, 2.75) is 19.9 Å². The lowest BCUT2D eigenvalue weighted by Crippen LogP contribution is -2.34. The second kappa shape index (κ2) is 5.14. The molecule has 0 aliphatic rings. The van der Waals surface area contributed by atoms with Crippen LogP contribution in [0.4, 0.5) is 0 Å². The number of nitrogens with one attached hydrogen (secondary N) is 1. The van der Waals surface area contributed by atoms with Crippen LogP contribution in [0.3, 0.4) is 0 Å². The summed E-state index contributed by atoms with van der Waals surface area (Å²) in [6.45, 7) is 3.59. The van der Waals surface area contributed by atoms with Crippen LogP contribution in [0.15, 0.2) is 6.07 Å². The van der Waals surface area contributed by atoms with Crippen molar-refractivity contribution in [1.29, 1.82) is 0 Å². The van der Waals surface area contributed by atoms with E-state index in [1.807, 2.05) is 13.0 Å². The summed E-state index contributed by atoms with van der Waals surface area (Å²) in [4.78, 5) is 13.3. The summed E-state index contributed by atoms with van der Waals surface area (Å²) in [6, 6.07) is 1.58. The van der Waals surface area contributed by atoms with Crippen molar-refractivity contribution in [2.75, 3.05) is 13.7 Å². The van der Waals surface area contributed by atoms with Crippen molar-refractivity contribution in [2.24, 2.45) is 0 Å². The van der Waals surface area contributed by atoms with Crippen LogP contribution in [-0.4, -0.2) is 30.8 Å². The summed E-state index contributed by atoms with van der Waals surface area (Å²) in [6.07, 6.45) is 0. The quantitative estimate of drug-likeness (QED) is 0.815. The predicted molar refractivity (Wildman–Crippen MR) is 59.6 cm³/mol. The van der Waals surface area contributed by atoms with Gasteiger partial charge < -0.3 is 15.2 Å². The van der Waals surface area contributed by atoms with Gasteiger partial charge in [-0.15, -0.1) is 11.3 Å². The summed E-state index contributed by atoms with van der Waals surface area (Å²) < 4.78 is 5.09. The number of carbonyl (C=O) groups excluding carboxylic acids is 1. The first-order valence-corrected chi connectivity index (χ1v) is 5.46. The van der Waals surface area contributed by atoms with Crippen LogP contribution in [0.2, 0.25) is 0 Å². The van der Waals surface area contributed by atoms with Gasteiger partial charge in [-0.25, -0.2) is 0 Å². The van der Waals surface area contributed by atoms with E-state index in [9.17, 15) is 4.79 Å². The number of hydrogen-bond acceptors (Lipinski definition) is 4. The Kier molecular flexibility index (Phi) is 4.11. The molecule has 0 saturated carbocycles. The smallest absolute Gasteiger partial charge is 0.265 e. The first-order valence-electron chi connectivity index (χ1n) is 4.64. The van der Waals surface area contributed by atoms with Gasteiger partial charge in [-0.05, 0) is 19.9 Å². The van der Waals surface area contributed by atoms with Crippen molar-refractivity contribution in [1.82, 2.24) is 5.32 Å². The Morgan fingerprint density at radius 2 is 2.40 bits per heavy atom. The fourth-order valence-electron chi connectivity index (χ4n) is 1.14. The molecule has 15 heavy (non-hydrogen) atoms. The normalized spacial score (nSPS) is 12.3. The van der Waals surface area contributed by atoms with Gasteiger partial charge >= 0.3 is 0 Å². The van der Waals surface area contributed by atoms with Crippen molar-refractivity contribution in [3.8, 4) is 5.75 Å². The molecule has 0 aliphatic heterocycles. The highest BCUT2D eigenvalue weighted by molar-refractivity contribution is 7.14. The number of aryl methyl sites for hydroxylation is 1. The van der Waals surface area contributed by atoms with Crippen LogP contribution < -0.4 is 10.1 Å². The third-order valence-corrected chi connectivity index (χ3v) is 2.93. The van der Waals surface area contributed by atoms with Crippen molar-refractivity contribution < 1.29 is 14.6 Å². The summed E-state index contributed by atoms with van der Waals surface area (Å²) in [5.74, 6) is 0.381. The number of hydrogen-bond donors (Lipinski definition) is 2. The van der Waals surface area contributed by atoms with Gasteiger partial charge in [-0.1, -0.05) is 0 Å². The number of methoxy groups -OCH3 is 1. The Bertz CT molecular complexity index is 348. The Labute approximate surface area is 92.9 Å². The van der Waals surface area contributed by atoms with Gasteiger partial charge in [0.15, 0.2) is 0 Å². The van der Waals surface area contributed by atoms with Crippen LogP contribution in [0, 0.1) is 6.92 Å². The molecule has 0 fully saturated rings. The Hall–Kier alpha value is -1.07. The molecule has 1 atom stereocenters. The highest BCUT2D eigenvalue weighted by Gasteiger charge is 2.16. The van der Waals surface area contributed by atoms with Crippen molar-refractivity contribution >= 4 is 17.2 Å². The van der Waals surface area contributed by atoms with E-state index >= 15 is 0 Å². The standard InChI is InChI=1S/C10H15NO3S/c1-6(5-12)11-10(13)9-8(14-3)4-7(2)15-9/h4,6,12H,5H2,1-3H3,(H,11,13). The van der Waals surface area contributed by atoms with Gasteiger partial charge in [0.05, 0.1) is 13.7 Å². The predicted octanol–water partition coefficient (Wildman–Crippen LogP) is 1.18. The number of carbonyl (C=O) groups is 1. The minimum absolute atomic E-state index is 0.0710. The average Bonchev–Trinajstić information content (AvgIpc) is 2.59. The van der Waals surface area contributed by atoms with E-state index in [1.54, 1.807) is 6.92 Å². The lowest BCUT2D eigenvalue weighted by atomic mass is 10.3. The van der Waals surface area contributed by atoms with Crippen LogP contribution in [0.1, 0.15) is 21.5 Å². The minimum Gasteiger partial charge on any atom is -0.495 e. The van der Waals surface area contributed by atoms with Crippen LogP contribution in [0.25, 0.3) is 0 Å². The maximum Gasteiger partial charge on any atom is 0.265 e. The molecule has 1 aromatic rings. The van der Waals surface area contributed by atoms with Gasteiger partial charge in [0, 0.05) is 10.9 Å². The zero-order valence-corrected chi connectivity index (χ0v) is 9.85. The summed E-state index contributed by atoms with van der Waals surface area (Å²) >= 11 is 1.38. The number of aliphatic hydroxyl groups is 1. The zero-order chi connectivity index (χ0) is 11.4. The lowest BCUT2D eigenvalue weighted by molar-refractivity contribution is 0.0923. The maximum absolute atomic E-state index is 11.7. The lowest BCUT2D eigenvalue weighted by Gasteiger charge is -2.10. The summed E-state index contributed by atoms with van der Waals surface area (Å²) in [5, 5.41) is 11.5. The molecule has 0 bridgehead atoms.